The molecule has 13 heavy (non-hydrogen) atoms. The number of allylic oxidation sites excluding steroid dienone is 4. The fourth-order valence-electron chi connectivity index (χ4n) is 1.62. The minimum Gasteiger partial charge on any atom is -0.0893 e. The zero-order chi connectivity index (χ0) is 9.10. The van der Waals surface area contributed by atoms with Gasteiger partial charge in [0.1, 0.15) is 7.85 Å². The monoisotopic (exact) mass is 166 g/mol. The Morgan fingerprint density at radius 2 is 2.00 bits per heavy atom. The summed E-state index contributed by atoms with van der Waals surface area (Å²) in [5, 5.41) is 0. The summed E-state index contributed by atoms with van der Waals surface area (Å²) >= 11 is 0. The molecule has 2 rings (SSSR count). The van der Waals surface area contributed by atoms with Crippen LogP contribution in [0.5, 0.6) is 0 Å². The van der Waals surface area contributed by atoms with Crippen molar-refractivity contribution in [1.82, 2.24) is 0 Å². The second-order valence-electron chi connectivity index (χ2n) is 3.25. The van der Waals surface area contributed by atoms with Gasteiger partial charge in [0.15, 0.2) is 0 Å². The third kappa shape index (κ3) is 1.75. The van der Waals surface area contributed by atoms with Crippen molar-refractivity contribution < 1.29 is 0 Å². The zero-order valence-electron chi connectivity index (χ0n) is 7.53. The fourth-order valence-corrected chi connectivity index (χ4v) is 1.62. The van der Waals surface area contributed by atoms with Gasteiger partial charge >= 0.3 is 0 Å². The molecule has 0 aliphatic heterocycles. The summed E-state index contributed by atoms with van der Waals surface area (Å²) in [7, 11) is 5.89. The van der Waals surface area contributed by atoms with E-state index in [-0.39, 0.29) is 0 Å². The lowest BCUT2D eigenvalue weighted by Gasteiger charge is -2.11. The smallest absolute Gasteiger partial charge is 0.0893 e. The molecule has 0 saturated carbocycles. The van der Waals surface area contributed by atoms with Crippen LogP contribution in [0.1, 0.15) is 18.4 Å². The standard InChI is InChI=1S/C12H11B/c13-12-9-5-4-8-11(12)10-6-2-1-3-7-10/h1-2,4-6,8-9H,3,7H2. The van der Waals surface area contributed by atoms with Crippen LogP contribution in [0, 0.1) is 0 Å². The number of benzene rings is 1. The summed E-state index contributed by atoms with van der Waals surface area (Å²) in [5.41, 5.74) is 3.41. The van der Waals surface area contributed by atoms with E-state index in [9.17, 15) is 0 Å². The molecule has 1 aromatic carbocycles. The van der Waals surface area contributed by atoms with Crippen LogP contribution in [0.25, 0.3) is 5.57 Å². The molecule has 0 aromatic heterocycles. The van der Waals surface area contributed by atoms with E-state index in [4.69, 9.17) is 7.85 Å². The predicted molar refractivity (Wildman–Crippen MR) is 58.2 cm³/mol. The average molecular weight is 166 g/mol. The highest BCUT2D eigenvalue weighted by Gasteiger charge is 2.04. The van der Waals surface area contributed by atoms with E-state index in [1.54, 1.807) is 0 Å². The summed E-state index contributed by atoms with van der Waals surface area (Å²) in [4.78, 5) is 0. The largest absolute Gasteiger partial charge is 0.114 e. The maximum absolute atomic E-state index is 5.89. The minimum atomic E-state index is 0.879. The second kappa shape index (κ2) is 3.65. The van der Waals surface area contributed by atoms with Gasteiger partial charge in [0.25, 0.3) is 0 Å². The molecule has 0 spiro atoms. The second-order valence-corrected chi connectivity index (χ2v) is 3.25. The van der Waals surface area contributed by atoms with Crippen LogP contribution < -0.4 is 5.46 Å². The first-order valence-electron chi connectivity index (χ1n) is 4.58. The molecular weight excluding hydrogens is 155 g/mol. The van der Waals surface area contributed by atoms with Crippen molar-refractivity contribution in [2.45, 2.75) is 12.8 Å². The van der Waals surface area contributed by atoms with Crippen molar-refractivity contribution in [2.24, 2.45) is 0 Å². The first kappa shape index (κ1) is 8.37. The highest BCUT2D eigenvalue weighted by Crippen LogP contribution is 2.21. The SMILES string of the molecule is [B]c1ccccc1C1=CC=CCC1. The average Bonchev–Trinajstić information content (AvgIpc) is 2.20. The van der Waals surface area contributed by atoms with Crippen LogP contribution >= 0.6 is 0 Å². The van der Waals surface area contributed by atoms with Crippen molar-refractivity contribution in [3.63, 3.8) is 0 Å². The summed E-state index contributed by atoms with van der Waals surface area (Å²) < 4.78 is 0. The minimum absolute atomic E-state index is 0.879. The van der Waals surface area contributed by atoms with Gasteiger partial charge in [-0.25, -0.2) is 0 Å². The van der Waals surface area contributed by atoms with E-state index in [2.05, 4.69) is 24.3 Å². The van der Waals surface area contributed by atoms with Crippen LogP contribution in [0.2, 0.25) is 0 Å². The maximum Gasteiger partial charge on any atom is 0.114 e. The Balaban J connectivity index is 2.40. The summed E-state index contributed by atoms with van der Waals surface area (Å²) in [6, 6.07) is 8.04. The number of hydrogen-bond donors (Lipinski definition) is 0. The highest BCUT2D eigenvalue weighted by molar-refractivity contribution is 6.34. The van der Waals surface area contributed by atoms with Gasteiger partial charge in [0.2, 0.25) is 0 Å². The summed E-state index contributed by atoms with van der Waals surface area (Å²) in [6.45, 7) is 0. The lowest BCUT2D eigenvalue weighted by Crippen LogP contribution is -2.09. The van der Waals surface area contributed by atoms with E-state index in [1.807, 2.05) is 18.2 Å². The summed E-state index contributed by atoms with van der Waals surface area (Å²) in [6.07, 6.45) is 8.66. The Bertz CT molecular complexity index is 361. The van der Waals surface area contributed by atoms with E-state index >= 15 is 0 Å². The quantitative estimate of drug-likeness (QED) is 0.561. The molecule has 1 aliphatic rings. The fraction of sp³-hybridized carbons (Fsp3) is 0.167. The van der Waals surface area contributed by atoms with Gasteiger partial charge < -0.3 is 0 Å². The molecule has 2 radical (unpaired) electrons. The molecule has 0 heterocycles. The molecule has 0 N–H and O–H groups in total. The van der Waals surface area contributed by atoms with Gasteiger partial charge in [-0.15, -0.1) is 0 Å². The van der Waals surface area contributed by atoms with Gasteiger partial charge in [-0.1, -0.05) is 48.0 Å². The highest BCUT2D eigenvalue weighted by atomic mass is 14.1. The van der Waals surface area contributed by atoms with Crippen molar-refractivity contribution in [1.29, 1.82) is 0 Å². The molecule has 62 valence electrons. The Morgan fingerprint density at radius 1 is 1.15 bits per heavy atom. The molecule has 1 aromatic rings. The number of hydrogen-bond acceptors (Lipinski definition) is 0. The van der Waals surface area contributed by atoms with Crippen molar-refractivity contribution >= 4 is 18.9 Å². The Morgan fingerprint density at radius 3 is 2.69 bits per heavy atom. The van der Waals surface area contributed by atoms with Gasteiger partial charge in [-0.3, -0.25) is 0 Å². The Hall–Kier alpha value is -1.24. The van der Waals surface area contributed by atoms with Crippen molar-refractivity contribution in [2.75, 3.05) is 0 Å². The van der Waals surface area contributed by atoms with Crippen LogP contribution in [-0.4, -0.2) is 7.85 Å². The molecule has 0 nitrogen and oxygen atoms in total. The maximum atomic E-state index is 5.89. The molecule has 0 saturated heterocycles. The molecular formula is C12H11B. The molecule has 0 fully saturated rings. The first-order chi connectivity index (χ1) is 6.38. The zero-order valence-corrected chi connectivity index (χ0v) is 7.53. The topological polar surface area (TPSA) is 0 Å². The lowest BCUT2D eigenvalue weighted by atomic mass is 9.85. The Labute approximate surface area is 80.4 Å². The molecule has 0 atom stereocenters. The van der Waals surface area contributed by atoms with E-state index in [0.29, 0.717) is 0 Å². The Kier molecular flexibility index (Phi) is 2.35. The molecule has 0 amide bonds. The van der Waals surface area contributed by atoms with E-state index < -0.39 is 0 Å². The van der Waals surface area contributed by atoms with Gasteiger partial charge in [0.05, 0.1) is 0 Å². The van der Waals surface area contributed by atoms with Crippen molar-refractivity contribution in [3.8, 4) is 0 Å². The van der Waals surface area contributed by atoms with Gasteiger partial charge in [0, 0.05) is 0 Å². The molecule has 0 bridgehead atoms. The molecule has 1 heteroatoms. The van der Waals surface area contributed by atoms with E-state index in [0.717, 1.165) is 18.3 Å². The lowest BCUT2D eigenvalue weighted by molar-refractivity contribution is 1.06. The van der Waals surface area contributed by atoms with Gasteiger partial charge in [-0.2, -0.15) is 0 Å². The van der Waals surface area contributed by atoms with Crippen LogP contribution in [0.15, 0.2) is 42.5 Å². The molecule has 0 unspecified atom stereocenters. The van der Waals surface area contributed by atoms with Crippen LogP contribution in [0.4, 0.5) is 0 Å². The predicted octanol–water partition coefficient (Wildman–Crippen LogP) is 2.21. The third-order valence-corrected chi connectivity index (χ3v) is 2.32. The third-order valence-electron chi connectivity index (χ3n) is 2.32. The van der Waals surface area contributed by atoms with Gasteiger partial charge in [-0.05, 0) is 24.0 Å². The molecule has 1 aliphatic carbocycles. The number of rotatable bonds is 1. The first-order valence-corrected chi connectivity index (χ1v) is 4.58. The summed E-state index contributed by atoms with van der Waals surface area (Å²) in [5.74, 6) is 0. The van der Waals surface area contributed by atoms with Crippen LogP contribution in [0.3, 0.4) is 0 Å². The van der Waals surface area contributed by atoms with Crippen molar-refractivity contribution in [3.05, 3.63) is 48.1 Å². The van der Waals surface area contributed by atoms with Crippen LogP contribution in [-0.2, 0) is 0 Å². The van der Waals surface area contributed by atoms with E-state index in [1.165, 1.54) is 11.1 Å². The normalized spacial score (nSPS) is 15.5.